The predicted molar refractivity (Wildman–Crippen MR) is 117 cm³/mol. The minimum Gasteiger partial charge on any atom is -0.0883 e. The molecule has 2 rings (SSSR count). The van der Waals surface area contributed by atoms with Crippen molar-refractivity contribution in [3.05, 3.63) is 24.3 Å². The number of unbranched alkanes of at least 4 members (excludes halogenated alkanes) is 3. The molecular weight excluding hydrogens is 316 g/mol. The summed E-state index contributed by atoms with van der Waals surface area (Å²) in [4.78, 5) is 0. The van der Waals surface area contributed by atoms with Crippen LogP contribution in [0.15, 0.2) is 24.3 Å². The second-order valence-electron chi connectivity index (χ2n) is 8.91. The second-order valence-corrected chi connectivity index (χ2v) is 11.3. The van der Waals surface area contributed by atoms with E-state index in [4.69, 9.17) is 0 Å². The van der Waals surface area contributed by atoms with Gasteiger partial charge in [-0.05, 0) is 62.7 Å². The standard InChI is InChI=1S/C24H44Si/c1-3-5-7-9-21-10-12-22(13-11-21)14-15-23-16-18-24(19-17-23)25-20-8-6-4-2/h7,9,14-15,21-24H,3-6,8,10-13,16-20,25H2,1-2H3/b9-7+,15-14+/t21-,22-,23-,24-. The monoisotopic (exact) mass is 360 g/mol. The fourth-order valence-corrected chi connectivity index (χ4v) is 7.10. The van der Waals surface area contributed by atoms with E-state index in [1.165, 1.54) is 76.2 Å². The molecule has 0 aliphatic heterocycles. The molecule has 2 fully saturated rings. The summed E-state index contributed by atoms with van der Waals surface area (Å²) in [6, 6.07) is 1.62. The zero-order valence-corrected chi connectivity index (χ0v) is 18.6. The van der Waals surface area contributed by atoms with Crippen LogP contribution in [0.1, 0.15) is 97.3 Å². The lowest BCUT2D eigenvalue weighted by Crippen LogP contribution is -2.15. The van der Waals surface area contributed by atoms with E-state index in [1.54, 1.807) is 18.9 Å². The molecule has 0 aromatic carbocycles. The van der Waals surface area contributed by atoms with E-state index in [-0.39, 0.29) is 9.52 Å². The highest BCUT2D eigenvalue weighted by Gasteiger charge is 2.21. The molecule has 0 atom stereocenters. The van der Waals surface area contributed by atoms with Crippen LogP contribution in [0.5, 0.6) is 0 Å². The largest absolute Gasteiger partial charge is 0.0883 e. The molecule has 0 bridgehead atoms. The van der Waals surface area contributed by atoms with Gasteiger partial charge >= 0.3 is 0 Å². The first kappa shape index (κ1) is 21.0. The van der Waals surface area contributed by atoms with Gasteiger partial charge in [0.1, 0.15) is 0 Å². The Morgan fingerprint density at radius 2 is 1.24 bits per heavy atom. The maximum absolute atomic E-state index is 2.63. The summed E-state index contributed by atoms with van der Waals surface area (Å²) in [5.41, 5.74) is 1.19. The summed E-state index contributed by atoms with van der Waals surface area (Å²) in [7, 11) is 0.244. The van der Waals surface area contributed by atoms with Crippen LogP contribution in [0.2, 0.25) is 11.6 Å². The Kier molecular flexibility index (Phi) is 10.9. The van der Waals surface area contributed by atoms with Gasteiger partial charge in [0, 0.05) is 9.52 Å². The summed E-state index contributed by atoms with van der Waals surface area (Å²) < 4.78 is 0. The van der Waals surface area contributed by atoms with Crippen molar-refractivity contribution < 1.29 is 0 Å². The van der Waals surface area contributed by atoms with Crippen LogP contribution in [0, 0.1) is 17.8 Å². The van der Waals surface area contributed by atoms with Crippen molar-refractivity contribution in [2.75, 3.05) is 0 Å². The van der Waals surface area contributed by atoms with E-state index in [1.807, 2.05) is 0 Å². The normalized spacial score (nSPS) is 31.6. The molecule has 1 heteroatoms. The third-order valence-electron chi connectivity index (χ3n) is 6.69. The molecule has 0 heterocycles. The van der Waals surface area contributed by atoms with E-state index in [9.17, 15) is 0 Å². The Hall–Kier alpha value is -0.303. The molecule has 0 nitrogen and oxygen atoms in total. The highest BCUT2D eigenvalue weighted by molar-refractivity contribution is 6.37. The van der Waals surface area contributed by atoms with Gasteiger partial charge in [-0.1, -0.05) is 88.3 Å². The number of allylic oxidation sites excluding steroid dienone is 4. The Morgan fingerprint density at radius 3 is 1.80 bits per heavy atom. The van der Waals surface area contributed by atoms with Gasteiger partial charge in [-0.15, -0.1) is 0 Å². The number of rotatable bonds is 10. The molecule has 0 unspecified atom stereocenters. The van der Waals surface area contributed by atoms with Gasteiger partial charge in [0.25, 0.3) is 0 Å². The highest BCUT2D eigenvalue weighted by atomic mass is 28.2. The van der Waals surface area contributed by atoms with Crippen LogP contribution in [-0.2, 0) is 0 Å². The molecule has 0 amide bonds. The van der Waals surface area contributed by atoms with Crippen LogP contribution >= 0.6 is 0 Å². The molecule has 0 spiro atoms. The molecule has 144 valence electrons. The van der Waals surface area contributed by atoms with E-state index in [0.29, 0.717) is 0 Å². The van der Waals surface area contributed by atoms with Crippen molar-refractivity contribution in [2.45, 2.75) is 109 Å². The topological polar surface area (TPSA) is 0 Å². The van der Waals surface area contributed by atoms with Crippen molar-refractivity contribution in [3.8, 4) is 0 Å². The van der Waals surface area contributed by atoms with E-state index >= 15 is 0 Å². The Balaban J connectivity index is 1.57. The Labute approximate surface area is 160 Å². The number of hydrogen-bond acceptors (Lipinski definition) is 0. The quantitative estimate of drug-likeness (QED) is 0.215. The lowest BCUT2D eigenvalue weighted by molar-refractivity contribution is 0.352. The molecule has 0 aromatic heterocycles. The van der Waals surface area contributed by atoms with Gasteiger partial charge in [-0.25, -0.2) is 0 Å². The molecule has 0 aromatic rings. The molecule has 2 aliphatic carbocycles. The minimum atomic E-state index is 0.244. The van der Waals surface area contributed by atoms with Crippen LogP contribution in [0.25, 0.3) is 0 Å². The lowest BCUT2D eigenvalue weighted by Gasteiger charge is -2.28. The fraction of sp³-hybridized carbons (Fsp3) is 0.833. The van der Waals surface area contributed by atoms with Crippen LogP contribution in [0.3, 0.4) is 0 Å². The van der Waals surface area contributed by atoms with E-state index in [2.05, 4.69) is 38.2 Å². The maximum atomic E-state index is 2.63. The molecule has 2 aliphatic rings. The molecule has 2 saturated carbocycles. The van der Waals surface area contributed by atoms with Gasteiger partial charge in [-0.3, -0.25) is 0 Å². The van der Waals surface area contributed by atoms with Crippen molar-refractivity contribution >= 4 is 9.52 Å². The first-order valence-corrected chi connectivity index (χ1v) is 13.5. The summed E-state index contributed by atoms with van der Waals surface area (Å²) in [5, 5.41) is 0. The maximum Gasteiger partial charge on any atom is 0.0231 e. The second kappa shape index (κ2) is 13.0. The van der Waals surface area contributed by atoms with Crippen molar-refractivity contribution in [1.82, 2.24) is 0 Å². The molecule has 25 heavy (non-hydrogen) atoms. The van der Waals surface area contributed by atoms with E-state index < -0.39 is 0 Å². The fourth-order valence-electron chi connectivity index (χ4n) is 4.83. The van der Waals surface area contributed by atoms with Gasteiger partial charge in [0.05, 0.1) is 0 Å². The summed E-state index contributed by atoms with van der Waals surface area (Å²) >= 11 is 0. The third-order valence-corrected chi connectivity index (χ3v) is 9.23. The summed E-state index contributed by atoms with van der Waals surface area (Å²) in [5.74, 6) is 2.68. The van der Waals surface area contributed by atoms with E-state index in [0.717, 1.165) is 17.8 Å². The summed E-state index contributed by atoms with van der Waals surface area (Å²) in [6.45, 7) is 4.60. The van der Waals surface area contributed by atoms with Gasteiger partial charge in [-0.2, -0.15) is 0 Å². The highest BCUT2D eigenvalue weighted by Crippen LogP contribution is 2.35. The first-order valence-electron chi connectivity index (χ1n) is 11.7. The molecule has 0 radical (unpaired) electrons. The zero-order chi connectivity index (χ0) is 17.7. The Morgan fingerprint density at radius 1 is 0.680 bits per heavy atom. The summed E-state index contributed by atoms with van der Waals surface area (Å²) in [6.07, 6.45) is 28.9. The lowest BCUT2D eigenvalue weighted by atomic mass is 9.80. The van der Waals surface area contributed by atoms with Crippen molar-refractivity contribution in [3.63, 3.8) is 0 Å². The van der Waals surface area contributed by atoms with Crippen LogP contribution in [-0.4, -0.2) is 9.52 Å². The van der Waals surface area contributed by atoms with Gasteiger partial charge < -0.3 is 0 Å². The first-order chi connectivity index (χ1) is 12.3. The van der Waals surface area contributed by atoms with Crippen LogP contribution in [0.4, 0.5) is 0 Å². The molecule has 0 saturated heterocycles. The number of hydrogen-bond donors (Lipinski definition) is 0. The SMILES string of the molecule is CCC/C=C/[C@H]1CC[C@H](/C=C/[C@H]2CC[C@H]([SiH2]CCCCC)CC2)CC1. The Bertz CT molecular complexity index is 368. The average molecular weight is 361 g/mol. The molecular formula is C24H44Si. The van der Waals surface area contributed by atoms with Crippen LogP contribution < -0.4 is 0 Å². The predicted octanol–water partition coefficient (Wildman–Crippen LogP) is 7.46. The average Bonchev–Trinajstić information content (AvgIpc) is 2.66. The smallest absolute Gasteiger partial charge is 0.0231 e. The minimum absolute atomic E-state index is 0.244. The van der Waals surface area contributed by atoms with Crippen molar-refractivity contribution in [1.29, 1.82) is 0 Å². The zero-order valence-electron chi connectivity index (χ0n) is 17.2. The van der Waals surface area contributed by atoms with Crippen molar-refractivity contribution in [2.24, 2.45) is 17.8 Å². The van der Waals surface area contributed by atoms with Gasteiger partial charge in [0.2, 0.25) is 0 Å². The van der Waals surface area contributed by atoms with Gasteiger partial charge in [0.15, 0.2) is 0 Å². The third kappa shape index (κ3) is 8.75. The molecule has 0 N–H and O–H groups in total.